The van der Waals surface area contributed by atoms with E-state index in [1.54, 1.807) is 0 Å². The number of aromatic nitrogens is 3. The van der Waals surface area contributed by atoms with E-state index < -0.39 is 5.92 Å². The molecule has 1 saturated carbocycles. The number of hydrogen-bond donors (Lipinski definition) is 0. The van der Waals surface area contributed by atoms with Crippen molar-refractivity contribution >= 4 is 27.0 Å². The zero-order valence-electron chi connectivity index (χ0n) is 13.9. The summed E-state index contributed by atoms with van der Waals surface area (Å²) in [6.07, 6.45) is 2.41. The number of alkyl halides is 2. The van der Waals surface area contributed by atoms with Crippen molar-refractivity contribution in [2.75, 3.05) is 26.2 Å². The second-order valence-corrected chi connectivity index (χ2v) is 7.80. The number of rotatable bonds is 6. The Balaban J connectivity index is 1.36. The molecular formula is C17H21BrF2N4O. The number of fused-ring (bicyclic) bond motifs is 1. The van der Waals surface area contributed by atoms with E-state index in [0.717, 1.165) is 28.0 Å². The van der Waals surface area contributed by atoms with Gasteiger partial charge >= 0.3 is 0 Å². The van der Waals surface area contributed by atoms with Gasteiger partial charge in [0.05, 0.1) is 9.99 Å². The van der Waals surface area contributed by atoms with Crippen LogP contribution in [-0.2, 0) is 6.54 Å². The monoisotopic (exact) mass is 414 g/mol. The summed E-state index contributed by atoms with van der Waals surface area (Å²) < 4.78 is 35.0. The Morgan fingerprint density at radius 1 is 1.24 bits per heavy atom. The third-order valence-corrected chi connectivity index (χ3v) is 5.74. The van der Waals surface area contributed by atoms with E-state index in [0.29, 0.717) is 32.0 Å². The largest absolute Gasteiger partial charge is 0.491 e. The molecule has 2 fully saturated rings. The fraction of sp³-hybridized carbons (Fsp3) is 0.647. The standard InChI is InChI=1S/C17H21BrF2N4O/c18-15-14(25-10-9-23-7-5-17(19,20)6-8-23)4-3-13-16(15)21-22-24(13)11-12-1-2-12/h3-4,12H,1-2,5-11H2. The minimum Gasteiger partial charge on any atom is -0.491 e. The normalized spacial score (nSPS) is 20.9. The lowest BCUT2D eigenvalue weighted by molar-refractivity contribution is -0.0564. The second kappa shape index (κ2) is 6.79. The van der Waals surface area contributed by atoms with Crippen LogP contribution in [0.4, 0.5) is 8.78 Å². The van der Waals surface area contributed by atoms with Gasteiger partial charge in [0.25, 0.3) is 5.92 Å². The van der Waals surface area contributed by atoms with Crippen molar-refractivity contribution in [1.82, 2.24) is 19.9 Å². The SMILES string of the molecule is FC1(F)CCN(CCOc2ccc3c(nnn3CC3CC3)c2Br)CC1. The van der Waals surface area contributed by atoms with E-state index >= 15 is 0 Å². The van der Waals surface area contributed by atoms with Gasteiger partial charge in [0, 0.05) is 39.0 Å². The molecule has 0 atom stereocenters. The summed E-state index contributed by atoms with van der Waals surface area (Å²) in [5.74, 6) is -1.05. The molecule has 1 aliphatic carbocycles. The highest BCUT2D eigenvalue weighted by atomic mass is 79.9. The maximum atomic E-state index is 13.2. The van der Waals surface area contributed by atoms with Crippen LogP contribution >= 0.6 is 15.9 Å². The lowest BCUT2D eigenvalue weighted by Crippen LogP contribution is -2.41. The first-order valence-corrected chi connectivity index (χ1v) is 9.56. The molecule has 0 spiro atoms. The molecule has 1 aromatic heterocycles. The maximum absolute atomic E-state index is 13.2. The topological polar surface area (TPSA) is 43.2 Å². The van der Waals surface area contributed by atoms with Gasteiger partial charge in [-0.15, -0.1) is 5.10 Å². The Kier molecular flexibility index (Phi) is 4.66. The molecule has 0 bridgehead atoms. The number of ether oxygens (including phenoxy) is 1. The molecule has 0 amide bonds. The molecule has 25 heavy (non-hydrogen) atoms. The summed E-state index contributed by atoms with van der Waals surface area (Å²) in [7, 11) is 0. The molecule has 1 aromatic carbocycles. The first-order chi connectivity index (χ1) is 12.0. The van der Waals surface area contributed by atoms with E-state index in [1.165, 1.54) is 12.8 Å². The summed E-state index contributed by atoms with van der Waals surface area (Å²) in [6.45, 7) is 2.88. The third kappa shape index (κ3) is 3.95. The number of halogens is 3. The van der Waals surface area contributed by atoms with E-state index in [2.05, 4.69) is 26.2 Å². The number of benzene rings is 1. The molecule has 0 N–H and O–H groups in total. The maximum Gasteiger partial charge on any atom is 0.250 e. The van der Waals surface area contributed by atoms with Crippen molar-refractivity contribution in [3.63, 3.8) is 0 Å². The van der Waals surface area contributed by atoms with E-state index in [4.69, 9.17) is 4.74 Å². The van der Waals surface area contributed by atoms with Gasteiger partial charge in [-0.3, -0.25) is 4.90 Å². The summed E-state index contributed by atoms with van der Waals surface area (Å²) in [5.41, 5.74) is 1.81. The molecule has 5 nitrogen and oxygen atoms in total. The van der Waals surface area contributed by atoms with Crippen LogP contribution in [0.1, 0.15) is 25.7 Å². The van der Waals surface area contributed by atoms with Gasteiger partial charge in [0.2, 0.25) is 0 Å². The zero-order valence-corrected chi connectivity index (χ0v) is 15.5. The molecule has 2 aliphatic rings. The fourth-order valence-electron chi connectivity index (χ4n) is 3.17. The number of likely N-dealkylation sites (tertiary alicyclic amines) is 1. The van der Waals surface area contributed by atoms with Crippen LogP contribution in [0.2, 0.25) is 0 Å². The van der Waals surface area contributed by atoms with Crippen molar-refractivity contribution in [2.24, 2.45) is 5.92 Å². The molecule has 2 aromatic rings. The second-order valence-electron chi connectivity index (χ2n) is 7.01. The third-order valence-electron chi connectivity index (χ3n) is 4.97. The van der Waals surface area contributed by atoms with Gasteiger partial charge in [-0.05, 0) is 46.8 Å². The first kappa shape index (κ1) is 17.1. The van der Waals surface area contributed by atoms with Gasteiger partial charge < -0.3 is 4.74 Å². The van der Waals surface area contributed by atoms with Crippen molar-refractivity contribution in [2.45, 2.75) is 38.2 Å². The van der Waals surface area contributed by atoms with Crippen LogP contribution in [0.3, 0.4) is 0 Å². The molecule has 2 heterocycles. The number of nitrogens with zero attached hydrogens (tertiary/aromatic N) is 4. The zero-order chi connectivity index (χ0) is 17.4. The summed E-state index contributed by atoms with van der Waals surface area (Å²) in [6, 6.07) is 3.91. The molecule has 1 saturated heterocycles. The molecule has 4 rings (SSSR count). The Hall–Kier alpha value is -1.28. The summed E-state index contributed by atoms with van der Waals surface area (Å²) in [4.78, 5) is 2.02. The average molecular weight is 415 g/mol. The Morgan fingerprint density at radius 3 is 2.72 bits per heavy atom. The molecule has 0 unspecified atom stereocenters. The summed E-state index contributed by atoms with van der Waals surface area (Å²) >= 11 is 3.56. The number of hydrogen-bond acceptors (Lipinski definition) is 4. The van der Waals surface area contributed by atoms with E-state index in [1.807, 2.05) is 21.7 Å². The highest BCUT2D eigenvalue weighted by Gasteiger charge is 2.33. The average Bonchev–Trinajstić information content (AvgIpc) is 3.30. The number of piperidine rings is 1. The predicted molar refractivity (Wildman–Crippen MR) is 94.1 cm³/mol. The quantitative estimate of drug-likeness (QED) is 0.722. The van der Waals surface area contributed by atoms with Crippen LogP contribution in [0, 0.1) is 5.92 Å². The molecule has 136 valence electrons. The lowest BCUT2D eigenvalue weighted by Gasteiger charge is -2.31. The highest BCUT2D eigenvalue weighted by molar-refractivity contribution is 9.10. The Bertz CT molecular complexity index is 752. The minimum absolute atomic E-state index is 0.0627. The summed E-state index contributed by atoms with van der Waals surface area (Å²) in [5, 5.41) is 8.51. The van der Waals surface area contributed by atoms with Gasteiger partial charge in [-0.25, -0.2) is 13.5 Å². The molecule has 1 aliphatic heterocycles. The smallest absolute Gasteiger partial charge is 0.250 e. The highest BCUT2D eigenvalue weighted by Crippen LogP contribution is 2.35. The fourth-order valence-corrected chi connectivity index (χ4v) is 3.70. The van der Waals surface area contributed by atoms with Crippen molar-refractivity contribution in [1.29, 1.82) is 0 Å². The van der Waals surface area contributed by atoms with Crippen molar-refractivity contribution < 1.29 is 13.5 Å². The van der Waals surface area contributed by atoms with Crippen LogP contribution in [-0.4, -0.2) is 52.1 Å². The van der Waals surface area contributed by atoms with Crippen molar-refractivity contribution in [3.8, 4) is 5.75 Å². The van der Waals surface area contributed by atoms with Gasteiger partial charge in [-0.2, -0.15) is 0 Å². The van der Waals surface area contributed by atoms with Crippen LogP contribution in [0.25, 0.3) is 11.0 Å². The van der Waals surface area contributed by atoms with Crippen LogP contribution < -0.4 is 4.74 Å². The van der Waals surface area contributed by atoms with Gasteiger partial charge in [0.15, 0.2) is 0 Å². The van der Waals surface area contributed by atoms with E-state index in [9.17, 15) is 8.78 Å². The first-order valence-electron chi connectivity index (χ1n) is 8.76. The molecular weight excluding hydrogens is 394 g/mol. The molecule has 8 heteroatoms. The van der Waals surface area contributed by atoms with Crippen LogP contribution in [0.15, 0.2) is 16.6 Å². The Morgan fingerprint density at radius 2 is 2.00 bits per heavy atom. The lowest BCUT2D eigenvalue weighted by atomic mass is 10.1. The predicted octanol–water partition coefficient (Wildman–Crippen LogP) is 3.71. The minimum atomic E-state index is -2.50. The van der Waals surface area contributed by atoms with Crippen LogP contribution in [0.5, 0.6) is 5.75 Å². The van der Waals surface area contributed by atoms with Gasteiger partial charge in [-0.1, -0.05) is 5.21 Å². The molecule has 0 radical (unpaired) electrons. The Labute approximate surface area is 153 Å². The van der Waals surface area contributed by atoms with E-state index in [-0.39, 0.29) is 12.8 Å². The van der Waals surface area contributed by atoms with Crippen molar-refractivity contribution in [3.05, 3.63) is 16.6 Å². The van der Waals surface area contributed by atoms with Gasteiger partial charge in [0.1, 0.15) is 17.9 Å².